The minimum atomic E-state index is -0.374. The van der Waals surface area contributed by atoms with Crippen molar-refractivity contribution in [2.24, 2.45) is 5.92 Å². The topological polar surface area (TPSA) is 55.8 Å². The van der Waals surface area contributed by atoms with Crippen LogP contribution in [0, 0.1) is 5.92 Å². The number of hydrogen-bond acceptors (Lipinski definition) is 4. The predicted octanol–water partition coefficient (Wildman–Crippen LogP) is 4.60. The molecule has 2 aromatic carbocycles. The maximum Gasteiger partial charge on any atom is 0.410 e. The van der Waals surface area contributed by atoms with Crippen LogP contribution in [0.25, 0.3) is 0 Å². The Labute approximate surface area is 172 Å². The maximum atomic E-state index is 12.9. The second-order valence-corrected chi connectivity index (χ2v) is 7.73. The summed E-state index contributed by atoms with van der Waals surface area (Å²) in [5.41, 5.74) is 2.04. The van der Waals surface area contributed by atoms with Crippen LogP contribution in [-0.2, 0) is 27.5 Å². The molecule has 0 aliphatic carbocycles. The van der Waals surface area contributed by atoms with E-state index in [1.807, 2.05) is 60.7 Å². The second-order valence-electron chi connectivity index (χ2n) is 7.73. The molecular formula is C24H29NO4. The second kappa shape index (κ2) is 10.8. The summed E-state index contributed by atoms with van der Waals surface area (Å²) in [6, 6.07) is 19.3. The molecule has 3 rings (SSSR count). The molecule has 0 saturated carbocycles. The number of nitrogens with zero attached hydrogens (tertiary/aromatic N) is 1. The minimum Gasteiger partial charge on any atom is -0.445 e. The molecule has 1 amide bonds. The van der Waals surface area contributed by atoms with E-state index in [4.69, 9.17) is 9.47 Å². The van der Waals surface area contributed by atoms with Gasteiger partial charge in [0.05, 0.1) is 19.3 Å². The van der Waals surface area contributed by atoms with Crippen LogP contribution in [-0.4, -0.2) is 36.0 Å². The molecule has 0 spiro atoms. The van der Waals surface area contributed by atoms with Crippen molar-refractivity contribution in [2.45, 2.75) is 51.5 Å². The van der Waals surface area contributed by atoms with Crippen molar-refractivity contribution in [1.29, 1.82) is 0 Å². The Morgan fingerprint density at radius 1 is 0.966 bits per heavy atom. The molecule has 1 saturated heterocycles. The average molecular weight is 395 g/mol. The zero-order valence-corrected chi connectivity index (χ0v) is 16.9. The Bertz CT molecular complexity index is 765. The van der Waals surface area contributed by atoms with Crippen LogP contribution in [0.15, 0.2) is 60.7 Å². The number of amides is 1. The van der Waals surface area contributed by atoms with E-state index in [-0.39, 0.29) is 24.8 Å². The zero-order chi connectivity index (χ0) is 20.5. The summed E-state index contributed by atoms with van der Waals surface area (Å²) in [6.07, 6.45) is 2.47. The molecule has 29 heavy (non-hydrogen) atoms. The van der Waals surface area contributed by atoms with Gasteiger partial charge in [-0.3, -0.25) is 4.90 Å². The summed E-state index contributed by atoms with van der Waals surface area (Å²) in [5.74, 6) is 0.420. The number of carbonyl (C=O) groups excluding carboxylic acids is 2. The Morgan fingerprint density at radius 2 is 1.55 bits per heavy atom. The van der Waals surface area contributed by atoms with Gasteiger partial charge in [-0.05, 0) is 29.9 Å². The highest BCUT2D eigenvalue weighted by atomic mass is 16.6. The molecule has 154 valence electrons. The van der Waals surface area contributed by atoms with Crippen molar-refractivity contribution in [3.05, 3.63) is 71.8 Å². The third-order valence-electron chi connectivity index (χ3n) is 5.34. The highest BCUT2D eigenvalue weighted by Crippen LogP contribution is 2.30. The van der Waals surface area contributed by atoms with Crippen LogP contribution >= 0.6 is 0 Å². The highest BCUT2D eigenvalue weighted by Gasteiger charge is 2.38. The standard InChI is InChI=1S/C24H29NO4/c1-19-14-22(12-13-26)25(24(27)29-17-21-10-6-3-7-11-21)23(15-19)18-28-16-20-8-4-2-5-9-20/h2-11,13,19,22-23H,12,14-18H2,1H3. The molecule has 3 atom stereocenters. The molecule has 1 aliphatic rings. The monoisotopic (exact) mass is 395 g/mol. The van der Waals surface area contributed by atoms with Crippen LogP contribution in [0.1, 0.15) is 37.3 Å². The summed E-state index contributed by atoms with van der Waals surface area (Å²) in [4.78, 5) is 25.9. The molecule has 0 aromatic heterocycles. The molecule has 2 aromatic rings. The van der Waals surface area contributed by atoms with Gasteiger partial charge in [0.2, 0.25) is 0 Å². The van der Waals surface area contributed by atoms with E-state index in [9.17, 15) is 9.59 Å². The highest BCUT2D eigenvalue weighted by molar-refractivity contribution is 5.69. The lowest BCUT2D eigenvalue weighted by Crippen LogP contribution is -2.54. The fourth-order valence-corrected chi connectivity index (χ4v) is 4.00. The fourth-order valence-electron chi connectivity index (χ4n) is 4.00. The Morgan fingerprint density at radius 3 is 2.17 bits per heavy atom. The smallest absolute Gasteiger partial charge is 0.410 e. The van der Waals surface area contributed by atoms with E-state index >= 15 is 0 Å². The number of likely N-dealkylation sites (tertiary alicyclic amines) is 1. The SMILES string of the molecule is CC1CC(CC=O)N(C(=O)OCc2ccccc2)C(COCc2ccccc2)C1. The largest absolute Gasteiger partial charge is 0.445 e. The predicted molar refractivity (Wildman–Crippen MR) is 111 cm³/mol. The van der Waals surface area contributed by atoms with E-state index in [1.54, 1.807) is 4.90 Å². The van der Waals surface area contributed by atoms with Gasteiger partial charge in [-0.15, -0.1) is 0 Å². The lowest BCUT2D eigenvalue weighted by Gasteiger charge is -2.43. The first-order valence-electron chi connectivity index (χ1n) is 10.2. The third-order valence-corrected chi connectivity index (χ3v) is 5.34. The molecule has 5 nitrogen and oxygen atoms in total. The first kappa shape index (κ1) is 21.1. The van der Waals surface area contributed by atoms with Gasteiger partial charge >= 0.3 is 6.09 Å². The van der Waals surface area contributed by atoms with Gasteiger partial charge in [0, 0.05) is 12.5 Å². The van der Waals surface area contributed by atoms with E-state index in [0.717, 1.165) is 30.3 Å². The Kier molecular flexibility index (Phi) is 7.82. The summed E-state index contributed by atoms with van der Waals surface area (Å²) >= 11 is 0. The van der Waals surface area contributed by atoms with Crippen molar-refractivity contribution < 1.29 is 19.1 Å². The molecule has 5 heteroatoms. The van der Waals surface area contributed by atoms with Crippen molar-refractivity contribution in [1.82, 2.24) is 4.90 Å². The lowest BCUT2D eigenvalue weighted by atomic mass is 9.86. The average Bonchev–Trinajstić information content (AvgIpc) is 2.74. The number of piperidine rings is 1. The van der Waals surface area contributed by atoms with Gasteiger partial charge < -0.3 is 14.3 Å². The van der Waals surface area contributed by atoms with Crippen molar-refractivity contribution in [2.75, 3.05) is 6.61 Å². The van der Waals surface area contributed by atoms with Gasteiger partial charge in [0.15, 0.2) is 0 Å². The van der Waals surface area contributed by atoms with Gasteiger partial charge in [-0.25, -0.2) is 4.79 Å². The molecule has 0 N–H and O–H groups in total. The first-order chi connectivity index (χ1) is 14.2. The summed E-state index contributed by atoms with van der Waals surface area (Å²) in [6.45, 7) is 3.30. The molecule has 1 aliphatic heterocycles. The molecule has 1 heterocycles. The van der Waals surface area contributed by atoms with Crippen LogP contribution in [0.5, 0.6) is 0 Å². The maximum absolute atomic E-state index is 12.9. The summed E-state index contributed by atoms with van der Waals surface area (Å²) in [5, 5.41) is 0. The summed E-state index contributed by atoms with van der Waals surface area (Å²) in [7, 11) is 0. The number of aldehydes is 1. The van der Waals surface area contributed by atoms with Crippen LogP contribution in [0.2, 0.25) is 0 Å². The number of hydrogen-bond donors (Lipinski definition) is 0. The molecule has 1 fully saturated rings. The lowest BCUT2D eigenvalue weighted by molar-refractivity contribution is -0.109. The number of rotatable bonds is 8. The van der Waals surface area contributed by atoms with Gasteiger partial charge in [0.1, 0.15) is 12.9 Å². The number of carbonyl (C=O) groups is 2. The van der Waals surface area contributed by atoms with Crippen molar-refractivity contribution in [3.8, 4) is 0 Å². The Balaban J connectivity index is 1.64. The number of ether oxygens (including phenoxy) is 2. The zero-order valence-electron chi connectivity index (χ0n) is 16.9. The van der Waals surface area contributed by atoms with E-state index in [1.165, 1.54) is 0 Å². The normalized spacial score (nSPS) is 21.6. The first-order valence-corrected chi connectivity index (χ1v) is 10.2. The van der Waals surface area contributed by atoms with Gasteiger partial charge in [-0.2, -0.15) is 0 Å². The van der Waals surface area contributed by atoms with Crippen molar-refractivity contribution in [3.63, 3.8) is 0 Å². The van der Waals surface area contributed by atoms with E-state index in [2.05, 4.69) is 6.92 Å². The Hall–Kier alpha value is -2.66. The van der Waals surface area contributed by atoms with E-state index in [0.29, 0.717) is 25.6 Å². The molecule has 0 radical (unpaired) electrons. The quantitative estimate of drug-likeness (QED) is 0.613. The van der Waals surface area contributed by atoms with Gasteiger partial charge in [0.25, 0.3) is 0 Å². The third kappa shape index (κ3) is 6.16. The molecule has 3 unspecified atom stereocenters. The number of benzene rings is 2. The fraction of sp³-hybridized carbons (Fsp3) is 0.417. The minimum absolute atomic E-state index is 0.101. The van der Waals surface area contributed by atoms with Crippen LogP contribution in [0.3, 0.4) is 0 Å². The van der Waals surface area contributed by atoms with E-state index < -0.39 is 0 Å². The van der Waals surface area contributed by atoms with Crippen molar-refractivity contribution >= 4 is 12.4 Å². The molecular weight excluding hydrogens is 366 g/mol. The molecule has 0 bridgehead atoms. The van der Waals surface area contributed by atoms with Gasteiger partial charge in [-0.1, -0.05) is 67.6 Å². The van der Waals surface area contributed by atoms with Crippen LogP contribution < -0.4 is 0 Å². The van der Waals surface area contributed by atoms with Crippen LogP contribution in [0.4, 0.5) is 4.79 Å². The summed E-state index contributed by atoms with van der Waals surface area (Å²) < 4.78 is 11.5.